The van der Waals surface area contributed by atoms with Crippen molar-refractivity contribution in [2.45, 2.75) is 45.3 Å². The Hall–Kier alpha value is -1.45. The van der Waals surface area contributed by atoms with E-state index < -0.39 is 0 Å². The van der Waals surface area contributed by atoms with Gasteiger partial charge in [0, 0.05) is 18.2 Å². The summed E-state index contributed by atoms with van der Waals surface area (Å²) in [7, 11) is 2.01. The molecule has 1 aromatic carbocycles. The molecular formula is C18H26N2O. The normalized spacial score (nSPS) is 13.5. The number of hydrogen-bond acceptors (Lipinski definition) is 3. The van der Waals surface area contributed by atoms with Crippen molar-refractivity contribution in [1.29, 1.82) is 0 Å². The molecule has 3 heteroatoms. The van der Waals surface area contributed by atoms with Gasteiger partial charge < -0.3 is 10.1 Å². The van der Waals surface area contributed by atoms with Crippen molar-refractivity contribution in [2.75, 3.05) is 13.7 Å². The van der Waals surface area contributed by atoms with E-state index in [0.717, 1.165) is 25.0 Å². The average Bonchev–Trinajstić information content (AvgIpc) is 2.54. The fourth-order valence-corrected chi connectivity index (χ4v) is 3.30. The number of ether oxygens (including phenoxy) is 1. The zero-order chi connectivity index (χ0) is 15.3. The highest BCUT2D eigenvalue weighted by molar-refractivity contribution is 5.82. The van der Waals surface area contributed by atoms with Crippen molar-refractivity contribution in [3.05, 3.63) is 42.1 Å². The molecule has 0 radical (unpaired) electrons. The van der Waals surface area contributed by atoms with E-state index in [1.54, 1.807) is 0 Å². The largest absolute Gasteiger partial charge is 0.373 e. The Balaban J connectivity index is 2.57. The molecular weight excluding hydrogens is 260 g/mol. The Bertz CT molecular complexity index is 573. The van der Waals surface area contributed by atoms with Gasteiger partial charge in [-0.3, -0.25) is 4.98 Å². The molecule has 2 aromatic rings. The molecule has 0 bridgehead atoms. The van der Waals surface area contributed by atoms with E-state index in [9.17, 15) is 0 Å². The van der Waals surface area contributed by atoms with E-state index in [1.807, 2.05) is 19.3 Å². The minimum atomic E-state index is -0.199. The lowest BCUT2D eigenvalue weighted by atomic mass is 9.83. The molecule has 0 amide bonds. The third kappa shape index (κ3) is 2.94. The van der Waals surface area contributed by atoms with Gasteiger partial charge >= 0.3 is 0 Å². The van der Waals surface area contributed by atoms with Gasteiger partial charge in [-0.15, -0.1) is 0 Å². The number of nitrogens with zero attached hydrogens (tertiary/aromatic N) is 1. The Labute approximate surface area is 127 Å². The molecule has 1 aromatic heterocycles. The van der Waals surface area contributed by atoms with Crippen LogP contribution in [0.1, 0.15) is 45.2 Å². The summed E-state index contributed by atoms with van der Waals surface area (Å²) >= 11 is 0. The minimum absolute atomic E-state index is 0.131. The second-order valence-electron chi connectivity index (χ2n) is 5.35. The average molecular weight is 286 g/mol. The standard InChI is InChI=1S/C18H26N2O/c1-5-18(6-2,21-7-3)17(19-4)15-12-8-10-14-11-9-13-20-16(14)15/h8-13,17,19H,5-7H2,1-4H3. The zero-order valence-electron chi connectivity index (χ0n) is 13.5. The molecule has 1 heterocycles. The molecule has 0 spiro atoms. The zero-order valence-corrected chi connectivity index (χ0v) is 13.5. The number of fused-ring (bicyclic) bond motifs is 1. The lowest BCUT2D eigenvalue weighted by Crippen LogP contribution is -2.44. The number of para-hydroxylation sites is 1. The minimum Gasteiger partial charge on any atom is -0.373 e. The Morgan fingerprint density at radius 3 is 2.48 bits per heavy atom. The summed E-state index contributed by atoms with van der Waals surface area (Å²) in [6.07, 6.45) is 3.79. The van der Waals surface area contributed by atoms with Crippen molar-refractivity contribution in [1.82, 2.24) is 10.3 Å². The number of benzene rings is 1. The van der Waals surface area contributed by atoms with Crippen LogP contribution in [-0.4, -0.2) is 24.2 Å². The summed E-state index contributed by atoms with van der Waals surface area (Å²) in [6.45, 7) is 7.18. The number of hydrogen-bond donors (Lipinski definition) is 1. The van der Waals surface area contributed by atoms with Gasteiger partial charge in [0.2, 0.25) is 0 Å². The molecule has 0 saturated carbocycles. The van der Waals surface area contributed by atoms with Crippen molar-refractivity contribution < 1.29 is 4.74 Å². The molecule has 0 aliphatic rings. The third-order valence-electron chi connectivity index (χ3n) is 4.42. The number of aromatic nitrogens is 1. The lowest BCUT2D eigenvalue weighted by Gasteiger charge is -2.39. The van der Waals surface area contributed by atoms with Gasteiger partial charge in [-0.1, -0.05) is 38.1 Å². The van der Waals surface area contributed by atoms with E-state index in [-0.39, 0.29) is 11.6 Å². The Kier molecular flexibility index (Phi) is 5.32. The smallest absolute Gasteiger partial charge is 0.0871 e. The topological polar surface area (TPSA) is 34.1 Å². The fraction of sp³-hybridized carbons (Fsp3) is 0.500. The monoisotopic (exact) mass is 286 g/mol. The van der Waals surface area contributed by atoms with E-state index in [4.69, 9.17) is 4.74 Å². The fourth-order valence-electron chi connectivity index (χ4n) is 3.30. The van der Waals surface area contributed by atoms with E-state index >= 15 is 0 Å². The van der Waals surface area contributed by atoms with Crippen molar-refractivity contribution >= 4 is 10.9 Å². The first kappa shape index (κ1) is 15.9. The highest BCUT2D eigenvalue weighted by atomic mass is 16.5. The van der Waals surface area contributed by atoms with E-state index in [1.165, 1.54) is 10.9 Å². The van der Waals surface area contributed by atoms with Crippen LogP contribution in [-0.2, 0) is 4.74 Å². The van der Waals surface area contributed by atoms with Crippen molar-refractivity contribution in [3.8, 4) is 0 Å². The van der Waals surface area contributed by atoms with Crippen LogP contribution >= 0.6 is 0 Å². The Morgan fingerprint density at radius 1 is 1.14 bits per heavy atom. The summed E-state index contributed by atoms with van der Waals surface area (Å²) in [4.78, 5) is 4.60. The van der Waals surface area contributed by atoms with Gasteiger partial charge in [-0.2, -0.15) is 0 Å². The van der Waals surface area contributed by atoms with Gasteiger partial charge in [0.1, 0.15) is 0 Å². The number of rotatable bonds is 7. The quantitative estimate of drug-likeness (QED) is 0.832. The van der Waals surface area contributed by atoms with Gasteiger partial charge in [-0.25, -0.2) is 0 Å². The van der Waals surface area contributed by atoms with Gasteiger partial charge in [0.25, 0.3) is 0 Å². The summed E-state index contributed by atoms with van der Waals surface area (Å²) in [5, 5.41) is 4.65. The maximum absolute atomic E-state index is 6.19. The van der Waals surface area contributed by atoms with Gasteiger partial charge in [0.15, 0.2) is 0 Å². The molecule has 0 saturated heterocycles. The van der Waals surface area contributed by atoms with Gasteiger partial charge in [0.05, 0.1) is 17.2 Å². The molecule has 1 unspecified atom stereocenters. The van der Waals surface area contributed by atoms with E-state index in [2.05, 4.69) is 55.3 Å². The molecule has 21 heavy (non-hydrogen) atoms. The van der Waals surface area contributed by atoms with Crippen molar-refractivity contribution in [3.63, 3.8) is 0 Å². The van der Waals surface area contributed by atoms with Crippen LogP contribution in [0.15, 0.2) is 36.5 Å². The highest BCUT2D eigenvalue weighted by Gasteiger charge is 2.37. The summed E-state index contributed by atoms with van der Waals surface area (Å²) in [5.41, 5.74) is 2.08. The first-order valence-corrected chi connectivity index (χ1v) is 7.87. The molecule has 3 nitrogen and oxygen atoms in total. The molecule has 0 fully saturated rings. The van der Waals surface area contributed by atoms with Crippen LogP contribution in [0.3, 0.4) is 0 Å². The summed E-state index contributed by atoms with van der Waals surface area (Å²) < 4.78 is 6.19. The van der Waals surface area contributed by atoms with E-state index in [0.29, 0.717) is 0 Å². The first-order chi connectivity index (χ1) is 10.2. The predicted octanol–water partition coefficient (Wildman–Crippen LogP) is 4.09. The predicted molar refractivity (Wildman–Crippen MR) is 88.5 cm³/mol. The van der Waals surface area contributed by atoms with Crippen LogP contribution in [0, 0.1) is 0 Å². The van der Waals surface area contributed by atoms with Crippen LogP contribution in [0.25, 0.3) is 10.9 Å². The maximum Gasteiger partial charge on any atom is 0.0871 e. The van der Waals surface area contributed by atoms with Crippen LogP contribution in [0.4, 0.5) is 0 Å². The Morgan fingerprint density at radius 2 is 1.86 bits per heavy atom. The third-order valence-corrected chi connectivity index (χ3v) is 4.42. The second kappa shape index (κ2) is 7.01. The maximum atomic E-state index is 6.19. The SMILES string of the molecule is CCOC(CC)(CC)C(NC)c1cccc2cccnc12. The first-order valence-electron chi connectivity index (χ1n) is 7.87. The second-order valence-corrected chi connectivity index (χ2v) is 5.35. The highest BCUT2D eigenvalue weighted by Crippen LogP contribution is 2.37. The molecule has 0 aliphatic heterocycles. The van der Waals surface area contributed by atoms with Crippen LogP contribution < -0.4 is 5.32 Å². The summed E-state index contributed by atoms with van der Waals surface area (Å²) in [6, 6.07) is 10.6. The van der Waals surface area contributed by atoms with Crippen molar-refractivity contribution in [2.24, 2.45) is 0 Å². The molecule has 2 rings (SSSR count). The lowest BCUT2D eigenvalue weighted by molar-refractivity contribution is -0.0715. The van der Waals surface area contributed by atoms with Gasteiger partial charge in [-0.05, 0) is 38.4 Å². The molecule has 1 N–H and O–H groups in total. The molecule has 114 valence electrons. The number of likely N-dealkylation sites (N-methyl/N-ethyl adjacent to an activating group) is 1. The summed E-state index contributed by atoms with van der Waals surface area (Å²) in [5.74, 6) is 0. The molecule has 0 aliphatic carbocycles. The number of nitrogens with one attached hydrogen (secondary N) is 1. The van der Waals surface area contributed by atoms with Crippen LogP contribution in [0.5, 0.6) is 0 Å². The number of pyridine rings is 1. The molecule has 1 atom stereocenters. The van der Waals surface area contributed by atoms with Crippen LogP contribution in [0.2, 0.25) is 0 Å².